The molecule has 3 aliphatic heterocycles. The van der Waals surface area contributed by atoms with Crippen molar-refractivity contribution < 1.29 is 96.1 Å². The zero-order valence-electron chi connectivity index (χ0n) is 21.2. The Morgan fingerprint density at radius 2 is 1.55 bits per heavy atom. The Labute approximate surface area is 235 Å². The molecule has 3 rings (SSSR count). The lowest BCUT2D eigenvalue weighted by Gasteiger charge is -2.48. The SMILES string of the molecule is CC(=O)N[C@H]1[C@H](O[C@H]2[C@H](O)[C@@H](O)[C@H](O)O[C@@H]2C(=O)O)O[C@H](CO)[C@H](OS(=O)(=O)O)[C@@H]1O[C@@H]1OC(C(=O)O)=C[C@H](O)[C@H]1O. The van der Waals surface area contributed by atoms with Crippen LogP contribution in [-0.2, 0) is 52.7 Å². The van der Waals surface area contributed by atoms with Crippen LogP contribution >= 0.6 is 0 Å². The number of carbonyl (C=O) groups excluding carboxylic acids is 1. The minimum absolute atomic E-state index is 0.604. The maximum Gasteiger partial charge on any atom is 0.397 e. The van der Waals surface area contributed by atoms with E-state index in [0.717, 1.165) is 6.92 Å². The van der Waals surface area contributed by atoms with Crippen molar-refractivity contribution in [1.82, 2.24) is 5.32 Å². The van der Waals surface area contributed by atoms with Crippen LogP contribution in [0, 0.1) is 0 Å². The summed E-state index contributed by atoms with van der Waals surface area (Å²) in [6, 6.07) is -1.89. The number of carbonyl (C=O) groups is 3. The minimum Gasteiger partial charge on any atom is -0.479 e. The van der Waals surface area contributed by atoms with Gasteiger partial charge in [0.1, 0.15) is 54.9 Å². The molecule has 0 aromatic carbocycles. The highest BCUT2D eigenvalue weighted by molar-refractivity contribution is 7.80. The molecule has 0 aromatic heterocycles. The molecule has 0 aliphatic carbocycles. The highest BCUT2D eigenvalue weighted by atomic mass is 32.3. The molecular weight excluding hydrogens is 606 g/mol. The first-order valence-corrected chi connectivity index (χ1v) is 13.2. The summed E-state index contributed by atoms with van der Waals surface area (Å²) in [4.78, 5) is 35.3. The van der Waals surface area contributed by atoms with Crippen LogP contribution in [-0.4, -0.2) is 158 Å². The molecule has 240 valence electrons. The van der Waals surface area contributed by atoms with Gasteiger partial charge in [-0.25, -0.2) is 13.8 Å². The van der Waals surface area contributed by atoms with Crippen molar-refractivity contribution in [3.63, 3.8) is 0 Å². The maximum absolute atomic E-state index is 12.1. The number of amides is 1. The van der Waals surface area contributed by atoms with E-state index in [0.29, 0.717) is 6.08 Å². The smallest absolute Gasteiger partial charge is 0.397 e. The van der Waals surface area contributed by atoms with Crippen LogP contribution in [0.4, 0.5) is 0 Å². The number of hydrogen-bond donors (Lipinski definition) is 10. The molecule has 0 bridgehead atoms. The van der Waals surface area contributed by atoms with Gasteiger partial charge in [-0.2, -0.15) is 8.42 Å². The molecule has 0 radical (unpaired) electrons. The third-order valence-electron chi connectivity index (χ3n) is 6.22. The van der Waals surface area contributed by atoms with E-state index in [1.165, 1.54) is 0 Å². The van der Waals surface area contributed by atoms with Gasteiger partial charge in [-0.1, -0.05) is 0 Å². The van der Waals surface area contributed by atoms with Gasteiger partial charge in [0.2, 0.25) is 18.0 Å². The van der Waals surface area contributed by atoms with Gasteiger partial charge in [0.15, 0.2) is 18.7 Å². The van der Waals surface area contributed by atoms with E-state index in [9.17, 15) is 68.2 Å². The predicted molar refractivity (Wildman–Crippen MR) is 123 cm³/mol. The summed E-state index contributed by atoms with van der Waals surface area (Å²) >= 11 is 0. The number of rotatable bonds is 10. The van der Waals surface area contributed by atoms with Gasteiger partial charge in [0.05, 0.1) is 6.61 Å². The zero-order valence-corrected chi connectivity index (χ0v) is 22.0. The number of aliphatic hydroxyl groups is 6. The molecule has 22 heteroatoms. The van der Waals surface area contributed by atoms with Crippen LogP contribution in [0.15, 0.2) is 11.8 Å². The van der Waals surface area contributed by atoms with Gasteiger partial charge in [-0.05, 0) is 6.08 Å². The number of carboxylic acid groups (broad SMARTS) is 2. The molecule has 2 saturated heterocycles. The third kappa shape index (κ3) is 7.67. The Hall–Kier alpha value is -2.58. The van der Waals surface area contributed by atoms with E-state index in [2.05, 4.69) is 9.50 Å². The summed E-state index contributed by atoms with van der Waals surface area (Å²) in [7, 11) is -5.41. The van der Waals surface area contributed by atoms with E-state index >= 15 is 0 Å². The number of nitrogens with one attached hydrogen (secondary N) is 1. The molecule has 0 unspecified atom stereocenters. The van der Waals surface area contributed by atoms with Crippen LogP contribution in [0.2, 0.25) is 0 Å². The summed E-state index contributed by atoms with van der Waals surface area (Å²) < 4.78 is 63.5. The van der Waals surface area contributed by atoms with E-state index in [4.69, 9.17) is 23.7 Å². The Kier molecular flexibility index (Phi) is 10.8. The van der Waals surface area contributed by atoms with Crippen LogP contribution < -0.4 is 5.32 Å². The summed E-state index contributed by atoms with van der Waals surface area (Å²) in [5.41, 5.74) is 0. The fourth-order valence-electron chi connectivity index (χ4n) is 4.36. The molecule has 1 amide bonds. The van der Waals surface area contributed by atoms with Crippen molar-refractivity contribution >= 4 is 28.2 Å². The second-order valence-electron chi connectivity index (χ2n) is 9.21. The first-order valence-electron chi connectivity index (χ1n) is 11.9. The Morgan fingerprint density at radius 1 is 0.929 bits per heavy atom. The van der Waals surface area contributed by atoms with Gasteiger partial charge in [0.25, 0.3) is 0 Å². The summed E-state index contributed by atoms with van der Waals surface area (Å²) in [5.74, 6) is -5.40. The van der Waals surface area contributed by atoms with Gasteiger partial charge in [-0.3, -0.25) is 9.35 Å². The van der Waals surface area contributed by atoms with Gasteiger partial charge >= 0.3 is 22.3 Å². The second-order valence-corrected chi connectivity index (χ2v) is 10.3. The largest absolute Gasteiger partial charge is 0.479 e. The lowest BCUT2D eigenvalue weighted by molar-refractivity contribution is -0.345. The lowest BCUT2D eigenvalue weighted by Crippen LogP contribution is -2.69. The molecule has 0 aromatic rings. The van der Waals surface area contributed by atoms with E-state index in [-0.39, 0.29) is 0 Å². The predicted octanol–water partition coefficient (Wildman–Crippen LogP) is -6.26. The van der Waals surface area contributed by atoms with Gasteiger partial charge in [0, 0.05) is 6.92 Å². The number of hydrogen-bond acceptors (Lipinski definition) is 17. The zero-order chi connectivity index (χ0) is 31.7. The van der Waals surface area contributed by atoms with Crippen LogP contribution in [0.1, 0.15) is 6.92 Å². The molecule has 0 spiro atoms. The normalized spacial score (nSPS) is 40.9. The topological polar surface area (TPSA) is 335 Å². The van der Waals surface area contributed by atoms with Crippen molar-refractivity contribution in [3.8, 4) is 0 Å². The molecule has 21 nitrogen and oxygen atoms in total. The van der Waals surface area contributed by atoms with Crippen LogP contribution in [0.5, 0.6) is 0 Å². The monoisotopic (exact) mass is 635 g/mol. The molecule has 0 saturated carbocycles. The summed E-state index contributed by atoms with van der Waals surface area (Å²) in [5, 5.41) is 81.5. The molecule has 3 aliphatic rings. The highest BCUT2D eigenvalue weighted by Gasteiger charge is 2.56. The Morgan fingerprint density at radius 3 is 2.07 bits per heavy atom. The molecule has 2 fully saturated rings. The van der Waals surface area contributed by atoms with Crippen LogP contribution in [0.3, 0.4) is 0 Å². The van der Waals surface area contributed by atoms with E-state index < -0.39 is 120 Å². The van der Waals surface area contributed by atoms with E-state index in [1.807, 2.05) is 0 Å². The molecule has 3 heterocycles. The van der Waals surface area contributed by atoms with Crippen molar-refractivity contribution in [2.24, 2.45) is 0 Å². The Bertz CT molecular complexity index is 1150. The maximum atomic E-state index is 12.1. The highest BCUT2D eigenvalue weighted by Crippen LogP contribution is 2.34. The van der Waals surface area contributed by atoms with Gasteiger partial charge in [-0.15, -0.1) is 0 Å². The van der Waals surface area contributed by atoms with Crippen LogP contribution in [0.25, 0.3) is 0 Å². The second kappa shape index (κ2) is 13.4. The first kappa shape index (κ1) is 33.9. The molecular formula is C20H29NO20S. The third-order valence-corrected chi connectivity index (χ3v) is 6.69. The van der Waals surface area contributed by atoms with Crippen molar-refractivity contribution in [2.75, 3.05) is 6.61 Å². The first-order chi connectivity index (χ1) is 19.4. The van der Waals surface area contributed by atoms with Gasteiger partial charge < -0.3 is 69.9 Å². The molecule has 42 heavy (non-hydrogen) atoms. The molecule has 13 atom stereocenters. The number of ether oxygens (including phenoxy) is 5. The van der Waals surface area contributed by atoms with Crippen molar-refractivity contribution in [3.05, 3.63) is 11.8 Å². The van der Waals surface area contributed by atoms with Crippen molar-refractivity contribution in [2.45, 2.75) is 86.8 Å². The van der Waals surface area contributed by atoms with E-state index in [1.54, 1.807) is 0 Å². The fourth-order valence-corrected chi connectivity index (χ4v) is 4.88. The summed E-state index contributed by atoms with van der Waals surface area (Å²) in [6.45, 7) is -0.234. The number of carboxylic acids is 2. The number of aliphatic hydroxyl groups excluding tert-OH is 6. The number of aliphatic carboxylic acids is 2. The average Bonchev–Trinajstić information content (AvgIpc) is 2.88. The fraction of sp³-hybridized carbons (Fsp3) is 0.750. The van der Waals surface area contributed by atoms with Crippen molar-refractivity contribution in [1.29, 1.82) is 0 Å². The Balaban J connectivity index is 2.06. The average molecular weight is 636 g/mol. The standard InChI is InChI=1S/C20H29NO20S/c1-4(23)21-8-13(39-20-9(25)5(24)2-6(36-20)16(28)29)12(41-42(33,34)35)7(3-22)37-19(8)40-14-10(26)11(27)18(32)38-15(14)17(30)31/h2,5,7-15,18-20,22,24-27,32H,3H2,1H3,(H,21,23)(H,28,29)(H,30,31)(H,33,34,35)/t5-,7+,8+,9+,10+,11+,12-,13+,14-,15-,18+,19-,20-/m0/s1. The quantitative estimate of drug-likeness (QED) is 0.0997. The lowest BCUT2D eigenvalue weighted by atomic mass is 9.95. The molecule has 10 N–H and O–H groups in total. The minimum atomic E-state index is -5.41. The summed E-state index contributed by atoms with van der Waals surface area (Å²) in [6.07, 6.45) is -24.5.